The molecule has 0 spiro atoms. The Morgan fingerprint density at radius 1 is 0.920 bits per heavy atom. The summed E-state index contributed by atoms with van der Waals surface area (Å²) in [5, 5.41) is 3.89. The minimum Gasteiger partial charge on any atom is -0.407 e. The summed E-state index contributed by atoms with van der Waals surface area (Å²) in [6.07, 6.45) is 3.82. The molecule has 1 saturated carbocycles. The van der Waals surface area contributed by atoms with Crippen LogP contribution in [-0.2, 0) is 4.43 Å². The number of rotatable bonds is 7. The van der Waals surface area contributed by atoms with Gasteiger partial charge in [0.2, 0.25) is 0 Å². The molecule has 1 aliphatic rings. The van der Waals surface area contributed by atoms with E-state index < -0.39 is 8.32 Å². The molecule has 3 heteroatoms. The Labute approximate surface area is 162 Å². The average molecular weight is 417 g/mol. The van der Waals surface area contributed by atoms with E-state index in [1.807, 2.05) is 0 Å². The Hall–Kier alpha value is -0.903. The minimum absolute atomic E-state index is 0.0696. The zero-order chi connectivity index (χ0) is 18.0. The van der Waals surface area contributed by atoms with E-state index in [-0.39, 0.29) is 5.04 Å². The predicted molar refractivity (Wildman–Crippen MR) is 114 cm³/mol. The van der Waals surface area contributed by atoms with E-state index in [0.29, 0.717) is 5.41 Å². The molecule has 0 amide bonds. The van der Waals surface area contributed by atoms with Gasteiger partial charge in [-0.25, -0.2) is 0 Å². The van der Waals surface area contributed by atoms with E-state index in [0.717, 1.165) is 11.9 Å². The summed E-state index contributed by atoms with van der Waals surface area (Å²) < 4.78 is 7.06. The Bertz CT molecular complexity index is 635. The molecular weight excluding hydrogens is 388 g/mol. The molecule has 0 aromatic heterocycles. The third-order valence-corrected chi connectivity index (χ3v) is 11.0. The van der Waals surface area contributed by atoms with Crippen molar-refractivity contribution in [2.45, 2.75) is 45.1 Å². The molecule has 2 aromatic carbocycles. The maximum Gasteiger partial charge on any atom is 0.261 e. The Morgan fingerprint density at radius 3 is 1.76 bits per heavy atom. The molecule has 1 aliphatic carbocycles. The van der Waals surface area contributed by atoms with Gasteiger partial charge in [-0.15, -0.1) is 0 Å². The number of hydrogen-bond acceptors (Lipinski definition) is 1. The van der Waals surface area contributed by atoms with E-state index in [1.165, 1.54) is 29.6 Å². The fourth-order valence-electron chi connectivity index (χ4n) is 3.87. The molecule has 1 nitrogen and oxygen atoms in total. The molecule has 0 saturated heterocycles. The van der Waals surface area contributed by atoms with Gasteiger partial charge in [0.1, 0.15) is 0 Å². The van der Waals surface area contributed by atoms with Gasteiger partial charge in [-0.1, -0.05) is 97.4 Å². The average Bonchev–Trinajstić information content (AvgIpc) is 3.36. The van der Waals surface area contributed by atoms with Crippen LogP contribution in [0.2, 0.25) is 5.04 Å². The third kappa shape index (κ3) is 3.79. The molecular formula is C22H29BrOSi. The summed E-state index contributed by atoms with van der Waals surface area (Å²) in [6.45, 7) is 7.93. The molecule has 0 bridgehead atoms. The zero-order valence-corrected chi connectivity index (χ0v) is 18.2. The van der Waals surface area contributed by atoms with E-state index >= 15 is 0 Å². The van der Waals surface area contributed by atoms with Crippen molar-refractivity contribution in [2.24, 2.45) is 5.41 Å². The summed E-state index contributed by atoms with van der Waals surface area (Å²) in [6, 6.07) is 21.9. The fraction of sp³-hybridized carbons (Fsp3) is 0.455. The zero-order valence-electron chi connectivity index (χ0n) is 15.6. The molecule has 0 radical (unpaired) electrons. The molecule has 1 fully saturated rings. The van der Waals surface area contributed by atoms with Gasteiger partial charge in [0.25, 0.3) is 8.32 Å². The van der Waals surface area contributed by atoms with Crippen LogP contribution >= 0.6 is 15.9 Å². The van der Waals surface area contributed by atoms with E-state index in [2.05, 4.69) is 97.4 Å². The number of alkyl halides is 1. The minimum atomic E-state index is -2.36. The molecule has 134 valence electrons. The van der Waals surface area contributed by atoms with E-state index in [4.69, 9.17) is 4.43 Å². The van der Waals surface area contributed by atoms with Gasteiger partial charge in [0, 0.05) is 11.9 Å². The second kappa shape index (κ2) is 7.38. The van der Waals surface area contributed by atoms with Crippen molar-refractivity contribution in [3.8, 4) is 0 Å². The summed E-state index contributed by atoms with van der Waals surface area (Å²) in [5.41, 5.74) is 0.399. The summed E-state index contributed by atoms with van der Waals surface area (Å²) >= 11 is 3.63. The monoisotopic (exact) mass is 416 g/mol. The van der Waals surface area contributed by atoms with Gasteiger partial charge in [0.15, 0.2) is 0 Å². The number of benzene rings is 2. The first-order valence-electron chi connectivity index (χ1n) is 9.25. The molecule has 2 aromatic rings. The van der Waals surface area contributed by atoms with Crippen molar-refractivity contribution in [1.82, 2.24) is 0 Å². The maximum absolute atomic E-state index is 7.06. The van der Waals surface area contributed by atoms with Crippen LogP contribution in [-0.4, -0.2) is 20.3 Å². The van der Waals surface area contributed by atoms with Gasteiger partial charge < -0.3 is 4.43 Å². The van der Waals surface area contributed by atoms with Crippen molar-refractivity contribution < 1.29 is 4.43 Å². The van der Waals surface area contributed by atoms with Gasteiger partial charge in [-0.05, 0) is 40.1 Å². The standard InChI is InChI=1S/C22H29BrOSi/c1-21(2,3)25(19-10-6-4-7-11-19,20-12-8-5-9-13-20)24-18-22(14-15-22)16-17-23/h4-13H,14-18H2,1-3H3. The quantitative estimate of drug-likeness (QED) is 0.448. The van der Waals surface area contributed by atoms with Crippen LogP contribution in [0.1, 0.15) is 40.0 Å². The number of hydrogen-bond donors (Lipinski definition) is 0. The Balaban J connectivity index is 2.06. The van der Waals surface area contributed by atoms with Crippen molar-refractivity contribution >= 4 is 34.6 Å². The second-order valence-electron chi connectivity index (χ2n) is 8.39. The highest BCUT2D eigenvalue weighted by molar-refractivity contribution is 9.09. The van der Waals surface area contributed by atoms with Crippen LogP contribution in [0.25, 0.3) is 0 Å². The molecule has 0 heterocycles. The SMILES string of the molecule is CC(C)(C)[Si](OCC1(CCBr)CC1)(c1ccccc1)c1ccccc1. The van der Waals surface area contributed by atoms with Crippen molar-refractivity contribution in [3.63, 3.8) is 0 Å². The molecule has 0 N–H and O–H groups in total. The lowest BCUT2D eigenvalue weighted by Gasteiger charge is -2.43. The summed E-state index contributed by atoms with van der Waals surface area (Å²) in [4.78, 5) is 0. The first-order chi connectivity index (χ1) is 11.9. The first-order valence-corrected chi connectivity index (χ1v) is 12.3. The lowest BCUT2D eigenvalue weighted by Crippen LogP contribution is -2.67. The highest BCUT2D eigenvalue weighted by Crippen LogP contribution is 2.50. The Morgan fingerprint density at radius 2 is 1.40 bits per heavy atom. The smallest absolute Gasteiger partial charge is 0.261 e. The third-order valence-electron chi connectivity index (χ3n) is 5.59. The Kier molecular flexibility index (Phi) is 5.57. The van der Waals surface area contributed by atoms with Crippen LogP contribution in [0, 0.1) is 5.41 Å². The molecule has 0 unspecified atom stereocenters. The van der Waals surface area contributed by atoms with Gasteiger partial charge in [-0.2, -0.15) is 0 Å². The molecule has 3 rings (SSSR count). The van der Waals surface area contributed by atoms with Crippen LogP contribution < -0.4 is 10.4 Å². The van der Waals surface area contributed by atoms with Crippen molar-refractivity contribution in [3.05, 3.63) is 60.7 Å². The topological polar surface area (TPSA) is 9.23 Å². The van der Waals surface area contributed by atoms with Gasteiger partial charge >= 0.3 is 0 Å². The first kappa shape index (κ1) is 18.9. The van der Waals surface area contributed by atoms with Crippen LogP contribution in [0.5, 0.6) is 0 Å². The summed E-state index contributed by atoms with van der Waals surface area (Å²) in [7, 11) is -2.36. The van der Waals surface area contributed by atoms with Crippen LogP contribution in [0.3, 0.4) is 0 Å². The predicted octanol–water partition coefficient (Wildman–Crippen LogP) is 5.13. The van der Waals surface area contributed by atoms with Gasteiger partial charge in [0.05, 0.1) is 0 Å². The molecule has 0 atom stereocenters. The lowest BCUT2D eigenvalue weighted by molar-refractivity contribution is 0.218. The van der Waals surface area contributed by atoms with Crippen LogP contribution in [0.15, 0.2) is 60.7 Å². The highest BCUT2D eigenvalue weighted by Gasteiger charge is 2.52. The lowest BCUT2D eigenvalue weighted by atomic mass is 10.1. The fourth-order valence-corrected chi connectivity index (χ4v) is 9.39. The van der Waals surface area contributed by atoms with Crippen LogP contribution in [0.4, 0.5) is 0 Å². The van der Waals surface area contributed by atoms with E-state index in [1.54, 1.807) is 0 Å². The van der Waals surface area contributed by atoms with E-state index in [9.17, 15) is 0 Å². The van der Waals surface area contributed by atoms with Crippen molar-refractivity contribution in [1.29, 1.82) is 0 Å². The second-order valence-corrected chi connectivity index (χ2v) is 13.5. The van der Waals surface area contributed by atoms with Crippen molar-refractivity contribution in [2.75, 3.05) is 11.9 Å². The number of halogens is 1. The highest BCUT2D eigenvalue weighted by atomic mass is 79.9. The summed E-state index contributed by atoms with van der Waals surface area (Å²) in [5.74, 6) is 0. The molecule has 25 heavy (non-hydrogen) atoms. The normalized spacial score (nSPS) is 16.6. The molecule has 0 aliphatic heterocycles. The largest absolute Gasteiger partial charge is 0.407 e. The van der Waals surface area contributed by atoms with Gasteiger partial charge in [-0.3, -0.25) is 0 Å². The maximum atomic E-state index is 7.06.